The fourth-order valence-electron chi connectivity index (χ4n) is 4.08. The number of nitrogens with one attached hydrogen (secondary N) is 1. The van der Waals surface area contributed by atoms with Crippen LogP contribution in [0.2, 0.25) is 0 Å². The van der Waals surface area contributed by atoms with Gasteiger partial charge in [-0.2, -0.15) is 13.2 Å². The molecule has 40 heavy (non-hydrogen) atoms. The van der Waals surface area contributed by atoms with Crippen LogP contribution in [0, 0.1) is 0 Å². The van der Waals surface area contributed by atoms with Gasteiger partial charge in [-0.15, -0.1) is 0 Å². The quantitative estimate of drug-likeness (QED) is 0.252. The smallest absolute Gasteiger partial charge is 0.419 e. The Morgan fingerprint density at radius 1 is 0.800 bits per heavy atom. The van der Waals surface area contributed by atoms with E-state index < -0.39 is 39.5 Å². The van der Waals surface area contributed by atoms with Crippen LogP contribution >= 0.6 is 0 Å². The molecule has 4 aromatic rings. The molecular formula is C29H25F3N2O5S. The van der Waals surface area contributed by atoms with Crippen molar-refractivity contribution in [2.75, 3.05) is 4.31 Å². The highest BCUT2D eigenvalue weighted by atomic mass is 32.2. The topological polar surface area (TPSA) is 107 Å². The van der Waals surface area contributed by atoms with Gasteiger partial charge in [-0.05, 0) is 61.0 Å². The molecule has 0 bridgehead atoms. The van der Waals surface area contributed by atoms with E-state index in [-0.39, 0.29) is 16.0 Å². The highest BCUT2D eigenvalue weighted by Gasteiger charge is 2.56. The number of phenolic OH excluding ortho intramolecular Hbond substituents is 1. The Balaban J connectivity index is 1.75. The number of carbonyl (C=O) groups is 1. The van der Waals surface area contributed by atoms with Crippen LogP contribution in [0.4, 0.5) is 24.5 Å². The molecule has 4 rings (SSSR count). The zero-order valence-corrected chi connectivity index (χ0v) is 21.9. The van der Waals surface area contributed by atoms with Crippen LogP contribution in [0.1, 0.15) is 28.9 Å². The highest BCUT2D eigenvalue weighted by molar-refractivity contribution is 7.93. The molecule has 11 heteroatoms. The molecule has 0 heterocycles. The molecule has 1 amide bonds. The van der Waals surface area contributed by atoms with Crippen molar-refractivity contribution in [2.45, 2.75) is 29.6 Å². The number of para-hydroxylation sites is 3. The van der Waals surface area contributed by atoms with Gasteiger partial charge < -0.3 is 15.5 Å². The molecule has 0 saturated carbocycles. The van der Waals surface area contributed by atoms with Crippen LogP contribution in [0.3, 0.4) is 0 Å². The van der Waals surface area contributed by atoms with Crippen molar-refractivity contribution < 1.29 is 36.6 Å². The molecule has 2 atom stereocenters. The van der Waals surface area contributed by atoms with Crippen LogP contribution < -0.4 is 9.62 Å². The number of nitrogens with zero attached hydrogens (tertiary/aromatic N) is 1. The van der Waals surface area contributed by atoms with E-state index in [2.05, 4.69) is 5.32 Å². The number of rotatable bonds is 8. The Kier molecular flexibility index (Phi) is 7.90. The summed E-state index contributed by atoms with van der Waals surface area (Å²) < 4.78 is 70.3. The molecular weight excluding hydrogens is 545 g/mol. The minimum atomic E-state index is -5.17. The highest BCUT2D eigenvalue weighted by Crippen LogP contribution is 2.41. The van der Waals surface area contributed by atoms with Gasteiger partial charge in [0.2, 0.25) is 0 Å². The van der Waals surface area contributed by atoms with E-state index in [1.54, 1.807) is 60.7 Å². The van der Waals surface area contributed by atoms with Gasteiger partial charge in [0.05, 0.1) is 27.9 Å². The number of hydrogen-bond donors (Lipinski definition) is 3. The second kappa shape index (κ2) is 11.0. The number of alkyl halides is 3. The summed E-state index contributed by atoms with van der Waals surface area (Å²) in [5.41, 5.74) is -3.29. The molecule has 0 aliphatic heterocycles. The summed E-state index contributed by atoms with van der Waals surface area (Å²) >= 11 is 0. The van der Waals surface area contributed by atoms with E-state index in [1.807, 2.05) is 0 Å². The zero-order valence-electron chi connectivity index (χ0n) is 21.1. The zero-order chi connectivity index (χ0) is 29.1. The minimum Gasteiger partial charge on any atom is -0.507 e. The van der Waals surface area contributed by atoms with Gasteiger partial charge in [-0.3, -0.25) is 4.79 Å². The van der Waals surface area contributed by atoms with Crippen LogP contribution in [-0.4, -0.2) is 36.3 Å². The monoisotopic (exact) mass is 570 g/mol. The minimum absolute atomic E-state index is 0.212. The van der Waals surface area contributed by atoms with E-state index in [0.717, 1.165) is 28.6 Å². The van der Waals surface area contributed by atoms with E-state index in [0.29, 0.717) is 18.3 Å². The molecule has 0 aliphatic rings. The third-order valence-corrected chi connectivity index (χ3v) is 8.06. The normalized spacial score (nSPS) is 14.1. The van der Waals surface area contributed by atoms with Crippen molar-refractivity contribution in [2.24, 2.45) is 0 Å². The van der Waals surface area contributed by atoms with Crippen molar-refractivity contribution in [3.05, 3.63) is 120 Å². The van der Waals surface area contributed by atoms with Gasteiger partial charge >= 0.3 is 6.18 Å². The van der Waals surface area contributed by atoms with E-state index in [1.165, 1.54) is 24.3 Å². The number of anilines is 2. The molecule has 0 aliphatic carbocycles. The van der Waals surface area contributed by atoms with Gasteiger partial charge in [0.1, 0.15) is 5.75 Å². The maximum atomic E-state index is 13.9. The average molecular weight is 571 g/mol. The van der Waals surface area contributed by atoms with E-state index in [4.69, 9.17) is 0 Å². The predicted molar refractivity (Wildman–Crippen MR) is 144 cm³/mol. The van der Waals surface area contributed by atoms with Crippen LogP contribution in [0.15, 0.2) is 114 Å². The Morgan fingerprint density at radius 3 is 1.75 bits per heavy atom. The summed E-state index contributed by atoms with van der Waals surface area (Å²) in [4.78, 5) is 12.6. The molecule has 0 saturated heterocycles. The van der Waals surface area contributed by atoms with Gasteiger partial charge in [-0.25, -0.2) is 12.7 Å². The number of halogens is 3. The number of amides is 1. The first-order chi connectivity index (χ1) is 18.8. The number of aromatic hydroxyl groups is 1. The fraction of sp³-hybridized carbons (Fsp3) is 0.138. The average Bonchev–Trinajstić information content (AvgIpc) is 2.92. The lowest BCUT2D eigenvalue weighted by Crippen LogP contribution is -2.53. The number of benzene rings is 4. The second-order valence-corrected chi connectivity index (χ2v) is 10.9. The third-order valence-electron chi connectivity index (χ3n) is 6.29. The summed E-state index contributed by atoms with van der Waals surface area (Å²) in [6.45, 7) is 0.500. The van der Waals surface area contributed by atoms with Gasteiger partial charge in [0.25, 0.3) is 15.9 Å². The molecule has 3 N–H and O–H groups in total. The summed E-state index contributed by atoms with van der Waals surface area (Å²) in [5.74, 6) is -1.53. The summed E-state index contributed by atoms with van der Waals surface area (Å²) in [6, 6.07) is 24.1. The number of sulfonamides is 1. The van der Waals surface area contributed by atoms with Crippen molar-refractivity contribution in [3.8, 4) is 5.75 Å². The second-order valence-electron chi connectivity index (χ2n) is 9.08. The maximum absolute atomic E-state index is 13.9. The Labute approximate surface area is 229 Å². The lowest BCUT2D eigenvalue weighted by Gasteiger charge is -2.35. The first-order valence-electron chi connectivity index (χ1n) is 12.0. The number of carbonyl (C=O) groups excluding carboxylic acids is 1. The van der Waals surface area contributed by atoms with Gasteiger partial charge in [0, 0.05) is 0 Å². The SMILES string of the molecule is CC(O)(C(NC(=O)c1ccccc1O)c1ccc(S(=O)(=O)N(c2ccccc2)c2ccccc2)cc1)C(F)(F)F. The molecule has 0 spiro atoms. The first-order valence-corrected chi connectivity index (χ1v) is 13.4. The summed E-state index contributed by atoms with van der Waals surface area (Å²) in [5, 5.41) is 22.6. The standard InChI is InChI=1S/C29H25F3N2O5S/c1-28(37,29(30,31)32)26(33-27(36)24-14-8-9-15-25(24)35)20-16-18-23(19-17-20)40(38,39)34(21-10-4-2-5-11-21)22-12-6-3-7-13-22/h2-19,26,35,37H,1H3,(H,33,36). The first kappa shape index (κ1) is 28.7. The van der Waals surface area contributed by atoms with Crippen molar-refractivity contribution in [1.29, 1.82) is 0 Å². The van der Waals surface area contributed by atoms with Gasteiger partial charge in [-0.1, -0.05) is 60.7 Å². The number of hydrogen-bond acceptors (Lipinski definition) is 5. The Hall–Kier alpha value is -4.35. The largest absolute Gasteiger partial charge is 0.507 e. The number of phenols is 1. The van der Waals surface area contributed by atoms with Crippen molar-refractivity contribution in [1.82, 2.24) is 5.32 Å². The van der Waals surface area contributed by atoms with Crippen molar-refractivity contribution in [3.63, 3.8) is 0 Å². The molecule has 7 nitrogen and oxygen atoms in total. The lowest BCUT2D eigenvalue weighted by atomic mass is 9.89. The third kappa shape index (κ3) is 5.65. The van der Waals surface area contributed by atoms with Crippen molar-refractivity contribution >= 4 is 27.3 Å². The summed E-state index contributed by atoms with van der Waals surface area (Å²) in [6.07, 6.45) is -5.17. The Bertz CT molecular complexity index is 1540. The molecule has 2 unspecified atom stereocenters. The van der Waals surface area contributed by atoms with E-state index in [9.17, 15) is 36.6 Å². The predicted octanol–water partition coefficient (Wildman–Crippen LogP) is 5.70. The molecule has 0 fully saturated rings. The molecule has 0 radical (unpaired) electrons. The molecule has 208 valence electrons. The molecule has 4 aromatic carbocycles. The lowest BCUT2D eigenvalue weighted by molar-refractivity contribution is -0.263. The van der Waals surface area contributed by atoms with Crippen LogP contribution in [0.25, 0.3) is 0 Å². The Morgan fingerprint density at radius 2 is 1.27 bits per heavy atom. The van der Waals surface area contributed by atoms with Crippen LogP contribution in [-0.2, 0) is 10.0 Å². The summed E-state index contributed by atoms with van der Waals surface area (Å²) in [7, 11) is -4.26. The van der Waals surface area contributed by atoms with Crippen LogP contribution in [0.5, 0.6) is 5.75 Å². The maximum Gasteiger partial charge on any atom is 0.419 e. The van der Waals surface area contributed by atoms with Gasteiger partial charge in [0.15, 0.2) is 5.60 Å². The van der Waals surface area contributed by atoms with E-state index >= 15 is 0 Å². The molecule has 0 aromatic heterocycles. The fourth-order valence-corrected chi connectivity index (χ4v) is 5.57. The number of aliphatic hydroxyl groups is 1.